The number of hydrogen-bond acceptors (Lipinski definition) is 5. The molecule has 5 heteroatoms. The van der Waals surface area contributed by atoms with Crippen molar-refractivity contribution in [2.45, 2.75) is 19.9 Å². The Morgan fingerprint density at radius 2 is 2.25 bits per heavy atom. The van der Waals surface area contributed by atoms with Crippen LogP contribution in [-0.2, 0) is 9.53 Å². The van der Waals surface area contributed by atoms with Gasteiger partial charge < -0.3 is 20.7 Å². The summed E-state index contributed by atoms with van der Waals surface area (Å²) in [6, 6.07) is 0.446. The summed E-state index contributed by atoms with van der Waals surface area (Å²) in [5, 5.41) is 10.0. The minimum atomic E-state index is -0.461. The molecule has 3 N–H and O–H groups in total. The largest absolute Gasteiger partial charge is 0.469 e. The Kier molecular flexibility index (Phi) is 5.18. The van der Waals surface area contributed by atoms with Crippen LogP contribution in [0.1, 0.15) is 13.8 Å². The maximum absolute atomic E-state index is 11.4. The molecule has 16 heavy (non-hydrogen) atoms. The van der Waals surface area contributed by atoms with Gasteiger partial charge in [-0.1, -0.05) is 0 Å². The van der Waals surface area contributed by atoms with E-state index < -0.39 is 5.41 Å². The van der Waals surface area contributed by atoms with Crippen molar-refractivity contribution < 1.29 is 9.53 Å². The van der Waals surface area contributed by atoms with Gasteiger partial charge in [0.05, 0.1) is 12.5 Å². The van der Waals surface area contributed by atoms with Crippen LogP contribution in [0.5, 0.6) is 0 Å². The molecule has 1 aliphatic rings. The van der Waals surface area contributed by atoms with Gasteiger partial charge in [-0.15, -0.1) is 0 Å². The molecule has 0 aromatic carbocycles. The minimum Gasteiger partial charge on any atom is -0.469 e. The van der Waals surface area contributed by atoms with Crippen molar-refractivity contribution >= 4 is 5.97 Å². The van der Waals surface area contributed by atoms with Crippen LogP contribution < -0.4 is 16.0 Å². The van der Waals surface area contributed by atoms with Gasteiger partial charge in [-0.25, -0.2) is 0 Å². The van der Waals surface area contributed by atoms with E-state index in [-0.39, 0.29) is 5.97 Å². The molecule has 1 aliphatic heterocycles. The highest BCUT2D eigenvalue weighted by Crippen LogP contribution is 2.15. The van der Waals surface area contributed by atoms with E-state index in [1.165, 1.54) is 7.11 Å². The van der Waals surface area contributed by atoms with Crippen molar-refractivity contribution in [3.05, 3.63) is 0 Å². The van der Waals surface area contributed by atoms with E-state index in [4.69, 9.17) is 4.74 Å². The molecular weight excluding hydrogens is 206 g/mol. The fraction of sp³-hybridized carbons (Fsp3) is 0.909. The van der Waals surface area contributed by atoms with Crippen molar-refractivity contribution in [2.75, 3.05) is 39.8 Å². The maximum atomic E-state index is 11.4. The summed E-state index contributed by atoms with van der Waals surface area (Å²) in [6.45, 7) is 8.30. The number of nitrogens with one attached hydrogen (secondary N) is 3. The zero-order valence-electron chi connectivity index (χ0n) is 10.4. The summed E-state index contributed by atoms with van der Waals surface area (Å²) in [5.74, 6) is -0.172. The second-order valence-electron chi connectivity index (χ2n) is 4.86. The molecule has 0 saturated carbocycles. The molecule has 0 aromatic heterocycles. The van der Waals surface area contributed by atoms with Gasteiger partial charge in [0.15, 0.2) is 0 Å². The Morgan fingerprint density at radius 1 is 1.50 bits per heavy atom. The molecular formula is C11H23N3O2. The van der Waals surface area contributed by atoms with E-state index in [1.807, 2.05) is 13.8 Å². The molecule has 1 rings (SSSR count). The lowest BCUT2D eigenvalue weighted by Gasteiger charge is -2.27. The Morgan fingerprint density at radius 3 is 2.81 bits per heavy atom. The molecule has 0 radical (unpaired) electrons. The summed E-state index contributed by atoms with van der Waals surface area (Å²) >= 11 is 0. The number of carbonyl (C=O) groups excluding carboxylic acids is 1. The molecule has 1 atom stereocenters. The Hall–Kier alpha value is -0.650. The lowest BCUT2D eigenvalue weighted by Crippen LogP contribution is -2.53. The van der Waals surface area contributed by atoms with E-state index in [0.717, 1.165) is 26.2 Å². The third-order valence-corrected chi connectivity index (χ3v) is 2.82. The fourth-order valence-electron chi connectivity index (χ4n) is 1.76. The normalized spacial score (nSPS) is 21.8. The molecule has 0 aromatic rings. The topological polar surface area (TPSA) is 62.4 Å². The predicted molar refractivity (Wildman–Crippen MR) is 63.3 cm³/mol. The van der Waals surface area contributed by atoms with Crippen molar-refractivity contribution in [3.8, 4) is 0 Å². The number of carbonyl (C=O) groups is 1. The average molecular weight is 229 g/mol. The van der Waals surface area contributed by atoms with Crippen LogP contribution in [0, 0.1) is 5.41 Å². The zero-order valence-corrected chi connectivity index (χ0v) is 10.4. The number of ether oxygens (including phenoxy) is 1. The lowest BCUT2D eigenvalue weighted by atomic mass is 9.93. The molecule has 1 saturated heterocycles. The van der Waals surface area contributed by atoms with E-state index >= 15 is 0 Å². The van der Waals surface area contributed by atoms with Gasteiger partial charge in [-0.3, -0.25) is 4.79 Å². The standard InChI is InChI=1S/C11H23N3O2/c1-11(2,10(15)16-3)8-13-7-9-6-12-4-5-14-9/h9,12-14H,4-8H2,1-3H3/t9-/m0/s1. The van der Waals surface area contributed by atoms with Crippen LogP contribution in [0.3, 0.4) is 0 Å². The van der Waals surface area contributed by atoms with Gasteiger partial charge in [-0.2, -0.15) is 0 Å². The summed E-state index contributed by atoms with van der Waals surface area (Å²) < 4.78 is 4.75. The van der Waals surface area contributed by atoms with Crippen molar-refractivity contribution in [1.29, 1.82) is 0 Å². The highest BCUT2D eigenvalue weighted by atomic mass is 16.5. The van der Waals surface area contributed by atoms with Gasteiger partial charge in [0.25, 0.3) is 0 Å². The summed E-state index contributed by atoms with van der Waals surface area (Å²) in [6.07, 6.45) is 0. The molecule has 94 valence electrons. The summed E-state index contributed by atoms with van der Waals surface area (Å²) in [7, 11) is 1.43. The third kappa shape index (κ3) is 4.08. The molecule has 1 heterocycles. The SMILES string of the molecule is COC(=O)C(C)(C)CNC[C@@H]1CNCCN1. The molecule has 0 aliphatic carbocycles. The number of methoxy groups -OCH3 is 1. The highest BCUT2D eigenvalue weighted by Gasteiger charge is 2.28. The van der Waals surface area contributed by atoms with Crippen molar-refractivity contribution in [3.63, 3.8) is 0 Å². The van der Waals surface area contributed by atoms with E-state index in [1.54, 1.807) is 0 Å². The van der Waals surface area contributed by atoms with Crippen molar-refractivity contribution in [2.24, 2.45) is 5.41 Å². The first-order valence-electron chi connectivity index (χ1n) is 5.79. The highest BCUT2D eigenvalue weighted by molar-refractivity contribution is 5.76. The number of rotatable bonds is 5. The van der Waals surface area contributed by atoms with Crippen LogP contribution in [0.15, 0.2) is 0 Å². The third-order valence-electron chi connectivity index (χ3n) is 2.82. The second-order valence-corrected chi connectivity index (χ2v) is 4.86. The van der Waals surface area contributed by atoms with Gasteiger partial charge in [0.2, 0.25) is 0 Å². The van der Waals surface area contributed by atoms with E-state index in [9.17, 15) is 4.79 Å². The Bertz CT molecular complexity index is 225. The quantitative estimate of drug-likeness (QED) is 0.546. The van der Waals surface area contributed by atoms with Crippen LogP contribution in [0.25, 0.3) is 0 Å². The first kappa shape index (κ1) is 13.4. The monoisotopic (exact) mass is 229 g/mol. The molecule has 0 spiro atoms. The minimum absolute atomic E-state index is 0.172. The molecule has 0 bridgehead atoms. The van der Waals surface area contributed by atoms with Crippen LogP contribution in [0.2, 0.25) is 0 Å². The molecule has 1 fully saturated rings. The number of hydrogen-bond donors (Lipinski definition) is 3. The predicted octanol–water partition coefficient (Wildman–Crippen LogP) is -0.663. The first-order valence-corrected chi connectivity index (χ1v) is 5.79. The smallest absolute Gasteiger partial charge is 0.312 e. The second kappa shape index (κ2) is 6.18. The molecule has 0 amide bonds. The lowest BCUT2D eigenvalue weighted by molar-refractivity contribution is -0.150. The van der Waals surface area contributed by atoms with Crippen LogP contribution in [-0.4, -0.2) is 51.8 Å². The molecule has 5 nitrogen and oxygen atoms in total. The molecule has 0 unspecified atom stereocenters. The summed E-state index contributed by atoms with van der Waals surface area (Å²) in [5.41, 5.74) is -0.461. The van der Waals surface area contributed by atoms with E-state index in [0.29, 0.717) is 12.6 Å². The summed E-state index contributed by atoms with van der Waals surface area (Å²) in [4.78, 5) is 11.4. The average Bonchev–Trinajstić information content (AvgIpc) is 2.29. The van der Waals surface area contributed by atoms with Gasteiger partial charge in [0, 0.05) is 38.8 Å². The van der Waals surface area contributed by atoms with Gasteiger partial charge in [-0.05, 0) is 13.8 Å². The number of piperazine rings is 1. The first-order chi connectivity index (χ1) is 7.56. The zero-order chi connectivity index (χ0) is 12.0. The van der Waals surface area contributed by atoms with Crippen LogP contribution in [0.4, 0.5) is 0 Å². The maximum Gasteiger partial charge on any atom is 0.312 e. The van der Waals surface area contributed by atoms with E-state index in [2.05, 4.69) is 16.0 Å². The Labute approximate surface area is 97.3 Å². The number of esters is 1. The van der Waals surface area contributed by atoms with Crippen LogP contribution >= 0.6 is 0 Å². The van der Waals surface area contributed by atoms with Gasteiger partial charge in [0.1, 0.15) is 0 Å². The fourth-order valence-corrected chi connectivity index (χ4v) is 1.76. The van der Waals surface area contributed by atoms with Gasteiger partial charge >= 0.3 is 5.97 Å². The Balaban J connectivity index is 2.20. The van der Waals surface area contributed by atoms with Crippen molar-refractivity contribution in [1.82, 2.24) is 16.0 Å².